The Kier molecular flexibility index (Phi) is 8.87. The molecule has 0 amide bonds. The van der Waals surface area contributed by atoms with E-state index in [1.807, 2.05) is 36.4 Å². The molecule has 6 rings (SSSR count). The van der Waals surface area contributed by atoms with E-state index in [1.165, 1.54) is 6.33 Å². The molecule has 3 unspecified atom stereocenters. The van der Waals surface area contributed by atoms with Gasteiger partial charge < -0.3 is 29.8 Å². The molecule has 0 radical (unpaired) electrons. The molecule has 2 aromatic rings. The Labute approximate surface area is 259 Å². The number of nitriles is 1. The van der Waals surface area contributed by atoms with Crippen LogP contribution in [0.2, 0.25) is 0 Å². The summed E-state index contributed by atoms with van der Waals surface area (Å²) < 4.78 is 12.3. The van der Waals surface area contributed by atoms with Crippen molar-refractivity contribution in [2.24, 2.45) is 10.9 Å². The Morgan fingerprint density at radius 3 is 2.53 bits per heavy atom. The van der Waals surface area contributed by atoms with Gasteiger partial charge in [-0.3, -0.25) is 9.79 Å². The molecule has 1 saturated heterocycles. The number of aliphatic hydroxyl groups is 3. The zero-order chi connectivity index (χ0) is 31.5. The van der Waals surface area contributed by atoms with Crippen LogP contribution in [0.1, 0.15) is 25.3 Å². The molecular formula is C35H34N4O6. The van der Waals surface area contributed by atoms with E-state index in [9.17, 15) is 25.4 Å². The zero-order valence-corrected chi connectivity index (χ0v) is 24.8. The van der Waals surface area contributed by atoms with Crippen LogP contribution in [0.15, 0.2) is 76.8 Å². The zero-order valence-electron chi connectivity index (χ0n) is 24.8. The van der Waals surface area contributed by atoms with Crippen molar-refractivity contribution in [3.05, 3.63) is 93.5 Å². The van der Waals surface area contributed by atoms with Gasteiger partial charge in [-0.15, -0.1) is 0 Å². The van der Waals surface area contributed by atoms with Gasteiger partial charge in [0, 0.05) is 23.7 Å². The number of hydrogen-bond donors (Lipinski definition) is 4. The Morgan fingerprint density at radius 1 is 1.07 bits per heavy atom. The number of hydrogen-bond acceptors (Lipinski definition) is 9. The van der Waals surface area contributed by atoms with E-state index in [0.29, 0.717) is 30.8 Å². The molecule has 4 aliphatic rings. The minimum Gasteiger partial charge on any atom is -0.493 e. The molecule has 10 nitrogen and oxygen atoms in total. The van der Waals surface area contributed by atoms with Gasteiger partial charge in [-0.1, -0.05) is 49.4 Å². The molecule has 4 N–H and O–H groups in total. The lowest BCUT2D eigenvalue weighted by molar-refractivity contribution is -0.00874. The lowest BCUT2D eigenvalue weighted by Gasteiger charge is -2.18. The second-order valence-electron chi connectivity index (χ2n) is 11.3. The van der Waals surface area contributed by atoms with Crippen molar-refractivity contribution >= 4 is 16.9 Å². The van der Waals surface area contributed by atoms with Crippen LogP contribution >= 0.6 is 0 Å². The van der Waals surface area contributed by atoms with Gasteiger partial charge in [-0.25, -0.2) is 4.98 Å². The van der Waals surface area contributed by atoms with Crippen molar-refractivity contribution < 1.29 is 24.8 Å². The highest BCUT2D eigenvalue weighted by atomic mass is 16.5. The number of aromatic amines is 1. The van der Waals surface area contributed by atoms with Gasteiger partial charge >= 0.3 is 0 Å². The largest absolute Gasteiger partial charge is 0.493 e. The first-order valence-electron chi connectivity index (χ1n) is 15.0. The lowest BCUT2D eigenvalue weighted by atomic mass is 9.91. The summed E-state index contributed by atoms with van der Waals surface area (Å²) in [5.41, 5.74) is 5.32. The Morgan fingerprint density at radius 2 is 1.84 bits per heavy atom. The molecular weight excluding hydrogens is 572 g/mol. The summed E-state index contributed by atoms with van der Waals surface area (Å²) >= 11 is 0. The van der Waals surface area contributed by atoms with Crippen molar-refractivity contribution in [1.29, 1.82) is 5.26 Å². The molecule has 0 saturated carbocycles. The van der Waals surface area contributed by atoms with Crippen LogP contribution in [0.25, 0.3) is 33.4 Å². The van der Waals surface area contributed by atoms with E-state index < -0.39 is 29.8 Å². The van der Waals surface area contributed by atoms with E-state index in [4.69, 9.17) is 14.5 Å². The molecule has 230 valence electrons. The van der Waals surface area contributed by atoms with Gasteiger partial charge in [0.25, 0.3) is 5.56 Å². The van der Waals surface area contributed by atoms with E-state index in [2.05, 4.69) is 40.3 Å². The average Bonchev–Trinajstić information content (AvgIpc) is 3.63. The summed E-state index contributed by atoms with van der Waals surface area (Å²) in [6, 6.07) is 22.4. The SMILES string of the molecule is CC1C(C2=c3nc[nH]c(=O)c3=C(C#N)C2=NCc2ccc(-c3cc4cccccc-4c3)c(OCCCCO)c2)OC(CO)[C@H]1O. The normalized spacial score (nSPS) is 21.8. The van der Waals surface area contributed by atoms with Crippen molar-refractivity contribution in [1.82, 2.24) is 9.97 Å². The third-order valence-corrected chi connectivity index (χ3v) is 8.46. The van der Waals surface area contributed by atoms with Crippen molar-refractivity contribution in [3.8, 4) is 34.1 Å². The fourth-order valence-corrected chi connectivity index (χ4v) is 6.10. The molecule has 1 fully saturated rings. The molecule has 4 atom stereocenters. The Bertz CT molecular complexity index is 1910. The smallest absolute Gasteiger partial charge is 0.260 e. The predicted octanol–water partition coefficient (Wildman–Crippen LogP) is 1.93. The quantitative estimate of drug-likeness (QED) is 0.199. The lowest BCUT2D eigenvalue weighted by Crippen LogP contribution is -2.43. The van der Waals surface area contributed by atoms with E-state index in [-0.39, 0.29) is 41.6 Å². The highest BCUT2D eigenvalue weighted by Crippen LogP contribution is 2.38. The minimum atomic E-state index is -0.946. The molecule has 3 aliphatic carbocycles. The number of fused-ring (bicyclic) bond motifs is 2. The molecule has 45 heavy (non-hydrogen) atoms. The summed E-state index contributed by atoms with van der Waals surface area (Å²) in [5, 5.41) is 40.3. The number of nitrogens with one attached hydrogen (secondary N) is 1. The number of rotatable bonds is 10. The number of nitrogens with zero attached hydrogens (tertiary/aromatic N) is 3. The maximum Gasteiger partial charge on any atom is 0.260 e. The summed E-state index contributed by atoms with van der Waals surface area (Å²) in [4.78, 5) is 24.6. The van der Waals surface area contributed by atoms with Gasteiger partial charge in [-0.05, 0) is 53.3 Å². The van der Waals surface area contributed by atoms with Gasteiger partial charge in [0.2, 0.25) is 0 Å². The van der Waals surface area contributed by atoms with E-state index in [0.717, 1.165) is 27.8 Å². The maximum absolute atomic E-state index is 12.9. The summed E-state index contributed by atoms with van der Waals surface area (Å²) in [7, 11) is 0. The van der Waals surface area contributed by atoms with Gasteiger partial charge in [0.1, 0.15) is 17.9 Å². The van der Waals surface area contributed by atoms with Crippen LogP contribution in [0.3, 0.4) is 0 Å². The standard InChI is InChI=1S/C35H34N4O6/c1-20-33(42)28(18-41)45-34(20)30-31(26(16-36)29-32(30)38-19-39-35(29)43)37-17-21-9-10-25(27(13-21)44-12-6-5-11-40)24-14-22-7-3-2-4-8-23(22)15-24/h2-4,7-10,13-15,19-20,28,33-34,40-42H,5-6,11-12,17-18H2,1H3,(H,38,39,43)/t20?,28?,33-,34?/m0/s1. The fourth-order valence-electron chi connectivity index (χ4n) is 6.10. The average molecular weight is 607 g/mol. The van der Waals surface area contributed by atoms with E-state index >= 15 is 0 Å². The number of aliphatic hydroxyl groups excluding tert-OH is 3. The van der Waals surface area contributed by atoms with Crippen molar-refractivity contribution in [3.63, 3.8) is 0 Å². The van der Waals surface area contributed by atoms with Gasteiger partial charge in [0.05, 0.1) is 60.1 Å². The van der Waals surface area contributed by atoms with Gasteiger partial charge in [-0.2, -0.15) is 5.26 Å². The van der Waals surface area contributed by atoms with Crippen LogP contribution in [0.4, 0.5) is 0 Å². The molecule has 1 aromatic carbocycles. The minimum absolute atomic E-state index is 0.0841. The maximum atomic E-state index is 12.9. The fraction of sp³-hybridized carbons (Fsp3) is 0.314. The predicted molar refractivity (Wildman–Crippen MR) is 169 cm³/mol. The monoisotopic (exact) mass is 606 g/mol. The number of unbranched alkanes of at least 4 members (excludes halogenated alkanes) is 1. The third kappa shape index (κ3) is 5.79. The molecule has 1 aromatic heterocycles. The summed E-state index contributed by atoms with van der Waals surface area (Å²) in [5.74, 6) is 0.225. The number of benzene rings is 1. The second kappa shape index (κ2) is 13.1. The van der Waals surface area contributed by atoms with Crippen LogP contribution in [0, 0.1) is 17.2 Å². The van der Waals surface area contributed by atoms with Crippen LogP contribution < -0.4 is 20.9 Å². The third-order valence-electron chi connectivity index (χ3n) is 8.46. The first kappa shape index (κ1) is 30.4. The topological polar surface area (TPSA) is 161 Å². The number of H-pyrrole nitrogens is 1. The summed E-state index contributed by atoms with van der Waals surface area (Å²) in [6.07, 6.45) is 0.0928. The van der Waals surface area contributed by atoms with E-state index in [1.54, 1.807) is 6.92 Å². The Hall–Kier alpha value is -4.66. The number of ether oxygens (including phenoxy) is 2. The molecule has 10 heteroatoms. The van der Waals surface area contributed by atoms with Crippen molar-refractivity contribution in [2.75, 3.05) is 19.8 Å². The van der Waals surface area contributed by atoms with Crippen LogP contribution in [0.5, 0.6) is 5.75 Å². The highest BCUT2D eigenvalue weighted by molar-refractivity contribution is 6.44. The highest BCUT2D eigenvalue weighted by Gasteiger charge is 2.45. The van der Waals surface area contributed by atoms with Crippen LogP contribution in [-0.4, -0.2) is 69.1 Å². The molecule has 0 bridgehead atoms. The molecule has 0 spiro atoms. The van der Waals surface area contributed by atoms with Gasteiger partial charge in [0.15, 0.2) is 0 Å². The Balaban J connectivity index is 1.40. The first-order chi connectivity index (χ1) is 21.9. The second-order valence-corrected chi connectivity index (χ2v) is 11.3. The molecule has 1 aliphatic heterocycles. The summed E-state index contributed by atoms with van der Waals surface area (Å²) in [6.45, 7) is 2.10. The first-order valence-corrected chi connectivity index (χ1v) is 15.0. The number of aromatic nitrogens is 2. The van der Waals surface area contributed by atoms with Crippen LogP contribution in [-0.2, 0) is 11.3 Å². The van der Waals surface area contributed by atoms with Crippen molar-refractivity contribution in [2.45, 2.75) is 44.6 Å². The molecule has 2 heterocycles. The number of aliphatic imine (C=N–C) groups is 1.